The fourth-order valence-corrected chi connectivity index (χ4v) is 1.94. The number of halogens is 1. The summed E-state index contributed by atoms with van der Waals surface area (Å²) in [5.41, 5.74) is 1.35. The van der Waals surface area contributed by atoms with Gasteiger partial charge in [-0.25, -0.2) is 9.48 Å². The fourth-order valence-electron chi connectivity index (χ4n) is 1.77. The van der Waals surface area contributed by atoms with E-state index in [0.29, 0.717) is 22.2 Å². The Hall–Kier alpha value is -2.08. The summed E-state index contributed by atoms with van der Waals surface area (Å²) in [6.07, 6.45) is 0. The largest absolute Gasteiger partial charge is 0.494 e. The molecular formula is C13H14ClN3O3. The van der Waals surface area contributed by atoms with Crippen molar-refractivity contribution in [1.29, 1.82) is 0 Å². The molecule has 0 unspecified atom stereocenters. The first-order valence-electron chi connectivity index (χ1n) is 6.01. The zero-order chi connectivity index (χ0) is 14.7. The highest BCUT2D eigenvalue weighted by Gasteiger charge is 2.20. The van der Waals surface area contributed by atoms with Crippen molar-refractivity contribution in [2.75, 3.05) is 13.7 Å². The molecule has 0 saturated carbocycles. The first-order chi connectivity index (χ1) is 9.58. The predicted molar refractivity (Wildman–Crippen MR) is 73.6 cm³/mol. The molecule has 0 atom stereocenters. The van der Waals surface area contributed by atoms with Gasteiger partial charge in [-0.05, 0) is 32.0 Å². The summed E-state index contributed by atoms with van der Waals surface area (Å²) >= 11 is 5.99. The summed E-state index contributed by atoms with van der Waals surface area (Å²) < 4.78 is 11.7. The number of hydrogen-bond donors (Lipinski definition) is 0. The third-order valence-electron chi connectivity index (χ3n) is 2.73. The van der Waals surface area contributed by atoms with Crippen LogP contribution >= 0.6 is 11.6 Å². The van der Waals surface area contributed by atoms with Gasteiger partial charge in [0.15, 0.2) is 5.69 Å². The molecule has 0 amide bonds. The zero-order valence-electron chi connectivity index (χ0n) is 11.4. The topological polar surface area (TPSA) is 66.2 Å². The quantitative estimate of drug-likeness (QED) is 0.810. The van der Waals surface area contributed by atoms with Crippen molar-refractivity contribution in [1.82, 2.24) is 15.0 Å². The Labute approximate surface area is 121 Å². The molecule has 0 N–H and O–H groups in total. The van der Waals surface area contributed by atoms with Crippen LogP contribution in [0.4, 0.5) is 0 Å². The predicted octanol–water partition coefficient (Wildman–Crippen LogP) is 2.41. The molecular weight excluding hydrogens is 282 g/mol. The molecule has 1 aromatic carbocycles. The molecule has 0 aliphatic heterocycles. The van der Waals surface area contributed by atoms with Crippen molar-refractivity contribution in [3.8, 4) is 11.4 Å². The van der Waals surface area contributed by atoms with Crippen LogP contribution in [0, 0.1) is 6.92 Å². The van der Waals surface area contributed by atoms with E-state index in [1.54, 1.807) is 39.2 Å². The molecule has 7 heteroatoms. The van der Waals surface area contributed by atoms with Gasteiger partial charge in [0.05, 0.1) is 19.4 Å². The van der Waals surface area contributed by atoms with E-state index in [-0.39, 0.29) is 12.3 Å². The number of esters is 1. The van der Waals surface area contributed by atoms with Gasteiger partial charge in [0.25, 0.3) is 0 Å². The zero-order valence-corrected chi connectivity index (χ0v) is 12.1. The fraction of sp³-hybridized carbons (Fsp3) is 0.308. The lowest BCUT2D eigenvalue weighted by atomic mass is 10.2. The lowest BCUT2D eigenvalue weighted by Gasteiger charge is -2.09. The summed E-state index contributed by atoms with van der Waals surface area (Å²) in [6, 6.07) is 5.13. The minimum atomic E-state index is -0.503. The van der Waals surface area contributed by atoms with Crippen LogP contribution in [0.5, 0.6) is 5.75 Å². The Kier molecular flexibility index (Phi) is 4.24. The molecule has 0 aliphatic carbocycles. The molecule has 1 aromatic heterocycles. The summed E-state index contributed by atoms with van der Waals surface area (Å²) in [4.78, 5) is 11.7. The maximum atomic E-state index is 11.7. The molecule has 0 radical (unpaired) electrons. The highest BCUT2D eigenvalue weighted by molar-refractivity contribution is 6.30. The monoisotopic (exact) mass is 295 g/mol. The van der Waals surface area contributed by atoms with Crippen LogP contribution in [0.3, 0.4) is 0 Å². The first-order valence-corrected chi connectivity index (χ1v) is 6.39. The van der Waals surface area contributed by atoms with Crippen molar-refractivity contribution in [3.63, 3.8) is 0 Å². The Bertz CT molecular complexity index is 640. The van der Waals surface area contributed by atoms with E-state index in [1.165, 1.54) is 4.68 Å². The summed E-state index contributed by atoms with van der Waals surface area (Å²) in [5.74, 6) is 0.0788. The normalized spacial score (nSPS) is 10.4. The lowest BCUT2D eigenvalue weighted by molar-refractivity contribution is 0.0518. The second kappa shape index (κ2) is 5.92. The molecule has 0 saturated heterocycles. The number of hydrogen-bond acceptors (Lipinski definition) is 5. The molecule has 0 fully saturated rings. The van der Waals surface area contributed by atoms with Crippen LogP contribution < -0.4 is 4.74 Å². The van der Waals surface area contributed by atoms with Gasteiger partial charge >= 0.3 is 5.97 Å². The number of benzene rings is 1. The van der Waals surface area contributed by atoms with Crippen molar-refractivity contribution >= 4 is 17.6 Å². The summed E-state index contributed by atoms with van der Waals surface area (Å²) in [7, 11) is 1.55. The second-order valence-corrected chi connectivity index (χ2v) is 4.41. The standard InChI is InChI=1S/C13H14ClN3O3/c1-4-20-13(18)12-8(2)17(16-15-12)10-7-9(14)5-6-11(10)19-3/h5-7H,4H2,1-3H3. The van der Waals surface area contributed by atoms with E-state index in [1.807, 2.05) is 0 Å². The molecule has 0 spiro atoms. The van der Waals surface area contributed by atoms with E-state index in [4.69, 9.17) is 21.1 Å². The van der Waals surface area contributed by atoms with Crippen LogP contribution in [-0.4, -0.2) is 34.7 Å². The number of nitrogens with zero attached hydrogens (tertiary/aromatic N) is 3. The minimum absolute atomic E-state index is 0.175. The Morgan fingerprint density at radius 2 is 2.20 bits per heavy atom. The van der Waals surface area contributed by atoms with Gasteiger partial charge in [-0.2, -0.15) is 0 Å². The molecule has 0 bridgehead atoms. The van der Waals surface area contributed by atoms with Crippen LogP contribution in [0.15, 0.2) is 18.2 Å². The summed E-state index contributed by atoms with van der Waals surface area (Å²) in [5, 5.41) is 8.36. The van der Waals surface area contributed by atoms with E-state index in [9.17, 15) is 4.79 Å². The highest BCUT2D eigenvalue weighted by atomic mass is 35.5. The van der Waals surface area contributed by atoms with Crippen molar-refractivity contribution in [3.05, 3.63) is 34.6 Å². The van der Waals surface area contributed by atoms with Gasteiger partial charge in [-0.3, -0.25) is 0 Å². The maximum Gasteiger partial charge on any atom is 0.360 e. The molecule has 1 heterocycles. The second-order valence-electron chi connectivity index (χ2n) is 3.97. The SMILES string of the molecule is CCOC(=O)c1nnn(-c2cc(Cl)ccc2OC)c1C. The van der Waals surface area contributed by atoms with Crippen molar-refractivity contribution in [2.45, 2.75) is 13.8 Å². The number of methoxy groups -OCH3 is 1. The maximum absolute atomic E-state index is 11.7. The molecule has 6 nitrogen and oxygen atoms in total. The first kappa shape index (κ1) is 14.3. The van der Waals surface area contributed by atoms with Gasteiger partial charge in [-0.1, -0.05) is 16.8 Å². The van der Waals surface area contributed by atoms with E-state index < -0.39 is 5.97 Å². The van der Waals surface area contributed by atoms with E-state index >= 15 is 0 Å². The molecule has 2 aromatic rings. The van der Waals surface area contributed by atoms with Crippen molar-refractivity contribution in [2.24, 2.45) is 0 Å². The van der Waals surface area contributed by atoms with Gasteiger partial charge in [0.2, 0.25) is 0 Å². The van der Waals surface area contributed by atoms with Gasteiger partial charge in [0.1, 0.15) is 11.4 Å². The van der Waals surface area contributed by atoms with Crippen LogP contribution in [0.1, 0.15) is 23.1 Å². The smallest absolute Gasteiger partial charge is 0.360 e. The number of rotatable bonds is 4. The average Bonchev–Trinajstić information content (AvgIpc) is 2.80. The minimum Gasteiger partial charge on any atom is -0.494 e. The molecule has 20 heavy (non-hydrogen) atoms. The summed E-state index contributed by atoms with van der Waals surface area (Å²) in [6.45, 7) is 3.75. The van der Waals surface area contributed by atoms with Gasteiger partial charge in [0, 0.05) is 5.02 Å². The molecule has 0 aliphatic rings. The van der Waals surface area contributed by atoms with E-state index in [2.05, 4.69) is 10.3 Å². The van der Waals surface area contributed by atoms with Gasteiger partial charge in [-0.15, -0.1) is 5.10 Å². The number of carbonyl (C=O) groups excluding carboxylic acids is 1. The number of aromatic nitrogens is 3. The molecule has 106 valence electrons. The van der Waals surface area contributed by atoms with E-state index in [0.717, 1.165) is 0 Å². The highest BCUT2D eigenvalue weighted by Crippen LogP contribution is 2.27. The van der Waals surface area contributed by atoms with Crippen LogP contribution in [-0.2, 0) is 4.74 Å². The van der Waals surface area contributed by atoms with Crippen LogP contribution in [0.2, 0.25) is 5.02 Å². The number of carbonyl (C=O) groups is 1. The third-order valence-corrected chi connectivity index (χ3v) is 2.97. The Balaban J connectivity index is 2.49. The van der Waals surface area contributed by atoms with Crippen LogP contribution in [0.25, 0.3) is 5.69 Å². The Morgan fingerprint density at radius 3 is 2.85 bits per heavy atom. The Morgan fingerprint density at radius 1 is 1.45 bits per heavy atom. The third kappa shape index (κ3) is 2.60. The van der Waals surface area contributed by atoms with Gasteiger partial charge < -0.3 is 9.47 Å². The average molecular weight is 296 g/mol. The van der Waals surface area contributed by atoms with Crippen molar-refractivity contribution < 1.29 is 14.3 Å². The number of ether oxygens (including phenoxy) is 2. The molecule has 2 rings (SSSR count). The lowest BCUT2D eigenvalue weighted by Crippen LogP contribution is -2.08.